The zero-order valence-electron chi connectivity index (χ0n) is 10.9. The predicted molar refractivity (Wildman–Crippen MR) is 74.9 cm³/mol. The van der Waals surface area contributed by atoms with Crippen LogP contribution in [-0.4, -0.2) is 26.1 Å². The number of hydrogen-bond acceptors (Lipinski definition) is 3. The van der Waals surface area contributed by atoms with Crippen LogP contribution in [0.1, 0.15) is 11.4 Å². The highest BCUT2D eigenvalue weighted by Crippen LogP contribution is 2.19. The molecule has 1 heterocycles. The van der Waals surface area contributed by atoms with Gasteiger partial charge in [-0.15, -0.1) is 5.10 Å². The van der Waals surface area contributed by atoms with Crippen molar-refractivity contribution in [3.8, 4) is 5.69 Å². The van der Waals surface area contributed by atoms with Crippen molar-refractivity contribution in [2.75, 3.05) is 0 Å². The first-order chi connectivity index (χ1) is 9.65. The summed E-state index contributed by atoms with van der Waals surface area (Å²) in [4.78, 5) is 10.8. The highest BCUT2D eigenvalue weighted by molar-refractivity contribution is 5.84. The lowest BCUT2D eigenvalue weighted by Crippen LogP contribution is -2.03. The molecule has 3 rings (SSSR count). The van der Waals surface area contributed by atoms with Crippen molar-refractivity contribution in [2.24, 2.45) is 0 Å². The number of rotatable bonds is 3. The second-order valence-electron chi connectivity index (χ2n) is 4.64. The van der Waals surface area contributed by atoms with Crippen molar-refractivity contribution in [3.05, 3.63) is 53.9 Å². The van der Waals surface area contributed by atoms with E-state index in [9.17, 15) is 4.79 Å². The van der Waals surface area contributed by atoms with Gasteiger partial charge >= 0.3 is 5.97 Å². The molecule has 5 heteroatoms. The Morgan fingerprint density at radius 2 is 1.95 bits per heavy atom. The average molecular weight is 267 g/mol. The van der Waals surface area contributed by atoms with Gasteiger partial charge in [0.25, 0.3) is 0 Å². The first-order valence-electron chi connectivity index (χ1n) is 6.27. The van der Waals surface area contributed by atoms with Crippen molar-refractivity contribution < 1.29 is 9.90 Å². The Kier molecular flexibility index (Phi) is 2.95. The zero-order chi connectivity index (χ0) is 14.1. The molecule has 3 aromatic rings. The van der Waals surface area contributed by atoms with E-state index in [0.29, 0.717) is 5.69 Å². The smallest absolute Gasteiger partial charge is 0.309 e. The Balaban J connectivity index is 2.06. The minimum Gasteiger partial charge on any atom is -0.481 e. The van der Waals surface area contributed by atoms with Crippen molar-refractivity contribution in [1.29, 1.82) is 0 Å². The largest absolute Gasteiger partial charge is 0.481 e. The summed E-state index contributed by atoms with van der Waals surface area (Å²) >= 11 is 0. The Labute approximate surface area is 115 Å². The Morgan fingerprint density at radius 1 is 1.20 bits per heavy atom. The third kappa shape index (κ3) is 2.14. The minimum atomic E-state index is -0.904. The molecule has 20 heavy (non-hydrogen) atoms. The summed E-state index contributed by atoms with van der Waals surface area (Å²) in [6.45, 7) is 1.83. The highest BCUT2D eigenvalue weighted by Gasteiger charge is 2.13. The van der Waals surface area contributed by atoms with E-state index in [1.165, 1.54) is 0 Å². The number of carbonyl (C=O) groups is 1. The van der Waals surface area contributed by atoms with Gasteiger partial charge in [-0.25, -0.2) is 4.68 Å². The molecule has 0 amide bonds. The van der Waals surface area contributed by atoms with Crippen molar-refractivity contribution in [3.63, 3.8) is 0 Å². The van der Waals surface area contributed by atoms with Gasteiger partial charge in [-0.2, -0.15) is 0 Å². The fourth-order valence-electron chi connectivity index (χ4n) is 2.22. The van der Waals surface area contributed by atoms with Crippen molar-refractivity contribution in [1.82, 2.24) is 15.0 Å². The molecule has 0 fully saturated rings. The lowest BCUT2D eigenvalue weighted by atomic mass is 10.1. The van der Waals surface area contributed by atoms with E-state index in [0.717, 1.165) is 22.2 Å². The van der Waals surface area contributed by atoms with E-state index in [4.69, 9.17) is 5.11 Å². The van der Waals surface area contributed by atoms with E-state index in [-0.39, 0.29) is 6.42 Å². The number of carboxylic acid groups (broad SMARTS) is 1. The van der Waals surface area contributed by atoms with E-state index < -0.39 is 5.97 Å². The standard InChI is InChI=1S/C15H13N3O2/c1-10-14(9-15(19)20)16-17-18(10)13-7-6-11-4-2-3-5-12(11)8-13/h2-8H,9H2,1H3,(H,19,20). The SMILES string of the molecule is Cc1c(CC(=O)O)nnn1-c1ccc2ccccc2c1. The van der Waals surface area contributed by atoms with E-state index >= 15 is 0 Å². The Morgan fingerprint density at radius 3 is 2.70 bits per heavy atom. The quantitative estimate of drug-likeness (QED) is 0.791. The second kappa shape index (κ2) is 4.77. The molecule has 5 nitrogen and oxygen atoms in total. The lowest BCUT2D eigenvalue weighted by molar-refractivity contribution is -0.136. The maximum absolute atomic E-state index is 10.8. The summed E-state index contributed by atoms with van der Waals surface area (Å²) < 4.78 is 1.67. The third-order valence-electron chi connectivity index (χ3n) is 3.29. The molecule has 0 aliphatic heterocycles. The fourth-order valence-corrected chi connectivity index (χ4v) is 2.22. The van der Waals surface area contributed by atoms with Gasteiger partial charge in [-0.05, 0) is 29.8 Å². The van der Waals surface area contributed by atoms with Gasteiger partial charge in [0, 0.05) is 0 Å². The molecule has 1 N–H and O–H groups in total. The summed E-state index contributed by atoms with van der Waals surface area (Å²) in [5.41, 5.74) is 2.12. The van der Waals surface area contributed by atoms with Gasteiger partial charge in [0.2, 0.25) is 0 Å². The summed E-state index contributed by atoms with van der Waals surface area (Å²) in [6, 6.07) is 14.0. The predicted octanol–water partition coefficient (Wildman–Crippen LogP) is 2.36. The van der Waals surface area contributed by atoms with Crippen LogP contribution in [0.2, 0.25) is 0 Å². The highest BCUT2D eigenvalue weighted by atomic mass is 16.4. The number of aromatic nitrogens is 3. The molecule has 1 aromatic heterocycles. The van der Waals surface area contributed by atoms with E-state index in [1.807, 2.05) is 49.4 Å². The summed E-state index contributed by atoms with van der Waals surface area (Å²) in [5, 5.41) is 19.1. The van der Waals surface area contributed by atoms with Crippen LogP contribution >= 0.6 is 0 Å². The van der Waals surface area contributed by atoms with Gasteiger partial charge in [0.05, 0.1) is 23.5 Å². The van der Waals surface area contributed by atoms with Crippen LogP contribution in [0.4, 0.5) is 0 Å². The number of aliphatic carboxylic acids is 1. The number of fused-ring (bicyclic) bond motifs is 1. The summed E-state index contributed by atoms with van der Waals surface area (Å²) in [5.74, 6) is -0.904. The van der Waals surface area contributed by atoms with Gasteiger partial charge < -0.3 is 5.11 Å². The maximum Gasteiger partial charge on any atom is 0.309 e. The Hall–Kier alpha value is -2.69. The normalized spacial score (nSPS) is 10.8. The van der Waals surface area contributed by atoms with Crippen LogP contribution in [0.25, 0.3) is 16.5 Å². The molecule has 0 saturated carbocycles. The van der Waals surface area contributed by atoms with Crippen LogP contribution in [0.3, 0.4) is 0 Å². The van der Waals surface area contributed by atoms with Crippen molar-refractivity contribution in [2.45, 2.75) is 13.3 Å². The molecular weight excluding hydrogens is 254 g/mol. The van der Waals surface area contributed by atoms with E-state index in [2.05, 4.69) is 10.3 Å². The lowest BCUT2D eigenvalue weighted by Gasteiger charge is -2.05. The van der Waals surface area contributed by atoms with E-state index in [1.54, 1.807) is 4.68 Å². The van der Waals surface area contributed by atoms with Crippen LogP contribution < -0.4 is 0 Å². The van der Waals surface area contributed by atoms with Crippen molar-refractivity contribution >= 4 is 16.7 Å². The maximum atomic E-state index is 10.8. The first kappa shape index (κ1) is 12.3. The van der Waals surface area contributed by atoms with Crippen LogP contribution in [-0.2, 0) is 11.2 Å². The average Bonchev–Trinajstić information content (AvgIpc) is 2.79. The molecule has 0 aliphatic rings. The molecule has 0 aliphatic carbocycles. The monoisotopic (exact) mass is 267 g/mol. The zero-order valence-corrected chi connectivity index (χ0v) is 10.9. The number of nitrogens with zero attached hydrogens (tertiary/aromatic N) is 3. The molecule has 0 radical (unpaired) electrons. The molecule has 2 aromatic carbocycles. The topological polar surface area (TPSA) is 68.0 Å². The van der Waals surface area contributed by atoms with Gasteiger partial charge in [0.1, 0.15) is 0 Å². The van der Waals surface area contributed by atoms with Crippen LogP contribution in [0.15, 0.2) is 42.5 Å². The van der Waals surface area contributed by atoms with Crippen LogP contribution in [0.5, 0.6) is 0 Å². The van der Waals surface area contributed by atoms with Gasteiger partial charge in [0.15, 0.2) is 0 Å². The fraction of sp³-hybridized carbons (Fsp3) is 0.133. The number of carboxylic acids is 1. The third-order valence-corrected chi connectivity index (χ3v) is 3.29. The second-order valence-corrected chi connectivity index (χ2v) is 4.64. The molecule has 0 spiro atoms. The van der Waals surface area contributed by atoms with Crippen LogP contribution in [0, 0.1) is 6.92 Å². The molecule has 0 unspecified atom stereocenters. The number of hydrogen-bond donors (Lipinski definition) is 1. The van der Waals surface area contributed by atoms with Gasteiger partial charge in [-0.3, -0.25) is 4.79 Å². The first-order valence-corrected chi connectivity index (χ1v) is 6.27. The Bertz CT molecular complexity index is 793. The summed E-state index contributed by atoms with van der Waals surface area (Å²) in [6.07, 6.45) is -0.112. The van der Waals surface area contributed by atoms with Gasteiger partial charge in [-0.1, -0.05) is 35.5 Å². The molecular formula is C15H13N3O2. The summed E-state index contributed by atoms with van der Waals surface area (Å²) in [7, 11) is 0. The molecule has 0 saturated heterocycles. The molecule has 0 atom stereocenters. The minimum absolute atomic E-state index is 0.112. The molecule has 0 bridgehead atoms. The number of benzene rings is 2. The molecule has 100 valence electrons.